The number of hydrogen-bond donors (Lipinski definition) is 1. The van der Waals surface area contributed by atoms with Crippen molar-refractivity contribution in [1.29, 1.82) is 0 Å². The second-order valence-corrected chi connectivity index (χ2v) is 5.06. The van der Waals surface area contributed by atoms with Crippen molar-refractivity contribution in [2.75, 3.05) is 24.5 Å². The van der Waals surface area contributed by atoms with E-state index in [1.54, 1.807) is 0 Å². The molecule has 0 aromatic heterocycles. The van der Waals surface area contributed by atoms with Gasteiger partial charge in [0.25, 0.3) is 0 Å². The van der Waals surface area contributed by atoms with Crippen molar-refractivity contribution in [3.8, 4) is 0 Å². The number of para-hydroxylation sites is 1. The van der Waals surface area contributed by atoms with E-state index in [9.17, 15) is 4.79 Å². The second kappa shape index (κ2) is 10.4. The lowest BCUT2D eigenvalue weighted by Crippen LogP contribution is -2.38. The summed E-state index contributed by atoms with van der Waals surface area (Å²) in [6.45, 7) is 6.30. The van der Waals surface area contributed by atoms with Crippen LogP contribution in [0.4, 0.5) is 5.69 Å². The number of carbonyl (C=O) groups is 1. The van der Waals surface area contributed by atoms with Gasteiger partial charge in [0.15, 0.2) is 0 Å². The summed E-state index contributed by atoms with van der Waals surface area (Å²) in [5.41, 5.74) is 0.977. The van der Waals surface area contributed by atoms with Crippen molar-refractivity contribution in [3.05, 3.63) is 30.3 Å². The Labute approximate surface area is 123 Å². The molecule has 0 fully saturated rings. The molecule has 0 saturated carbocycles. The minimum Gasteiger partial charge on any atom is -0.312 e. The Morgan fingerprint density at radius 2 is 1.75 bits per heavy atom. The quantitative estimate of drug-likeness (QED) is 0.662. The molecule has 0 unspecified atom stereocenters. The SMILES string of the molecule is CCCCCCCNCC(=O)N(CC)c1ccccc1. The van der Waals surface area contributed by atoms with Crippen LogP contribution in [-0.2, 0) is 4.79 Å². The van der Waals surface area contributed by atoms with Gasteiger partial charge in [0, 0.05) is 12.2 Å². The van der Waals surface area contributed by atoms with Gasteiger partial charge in [-0.1, -0.05) is 50.8 Å². The average Bonchev–Trinajstić information content (AvgIpc) is 2.48. The zero-order valence-electron chi connectivity index (χ0n) is 12.9. The standard InChI is InChI=1S/C17H28N2O/c1-3-5-6-7-11-14-18-15-17(20)19(4-2)16-12-9-8-10-13-16/h8-10,12-13,18H,3-7,11,14-15H2,1-2H3. The first-order valence-electron chi connectivity index (χ1n) is 7.85. The molecular formula is C17H28N2O. The molecule has 1 rings (SSSR count). The van der Waals surface area contributed by atoms with E-state index in [0.717, 1.165) is 18.7 Å². The number of nitrogens with one attached hydrogen (secondary N) is 1. The van der Waals surface area contributed by atoms with Crippen molar-refractivity contribution in [2.45, 2.75) is 46.0 Å². The highest BCUT2D eigenvalue weighted by atomic mass is 16.2. The minimum atomic E-state index is 0.146. The van der Waals surface area contributed by atoms with E-state index in [1.807, 2.05) is 42.2 Å². The molecule has 1 aromatic rings. The molecule has 0 aliphatic rings. The Morgan fingerprint density at radius 3 is 2.40 bits per heavy atom. The highest BCUT2D eigenvalue weighted by molar-refractivity contribution is 5.94. The van der Waals surface area contributed by atoms with Gasteiger partial charge in [-0.2, -0.15) is 0 Å². The highest BCUT2D eigenvalue weighted by Gasteiger charge is 2.12. The predicted molar refractivity (Wildman–Crippen MR) is 86.1 cm³/mol. The van der Waals surface area contributed by atoms with Gasteiger partial charge >= 0.3 is 0 Å². The van der Waals surface area contributed by atoms with Crippen LogP contribution >= 0.6 is 0 Å². The van der Waals surface area contributed by atoms with Crippen LogP contribution in [-0.4, -0.2) is 25.5 Å². The largest absolute Gasteiger partial charge is 0.312 e. The van der Waals surface area contributed by atoms with Gasteiger partial charge in [0.05, 0.1) is 6.54 Å². The van der Waals surface area contributed by atoms with Crippen LogP contribution in [0.3, 0.4) is 0 Å². The Hall–Kier alpha value is -1.35. The van der Waals surface area contributed by atoms with Crippen LogP contribution in [0.25, 0.3) is 0 Å². The minimum absolute atomic E-state index is 0.146. The Bertz CT molecular complexity index is 365. The predicted octanol–water partition coefficient (Wildman–Crippen LogP) is 3.60. The van der Waals surface area contributed by atoms with Crippen LogP contribution in [0.5, 0.6) is 0 Å². The number of rotatable bonds is 10. The summed E-state index contributed by atoms with van der Waals surface area (Å²) < 4.78 is 0. The molecule has 0 radical (unpaired) electrons. The summed E-state index contributed by atoms with van der Waals surface area (Å²) in [6.07, 6.45) is 6.30. The summed E-state index contributed by atoms with van der Waals surface area (Å²) in [5.74, 6) is 0.146. The first kappa shape index (κ1) is 16.7. The number of amides is 1. The third-order valence-corrected chi connectivity index (χ3v) is 3.42. The Morgan fingerprint density at radius 1 is 1.05 bits per heavy atom. The maximum atomic E-state index is 12.2. The smallest absolute Gasteiger partial charge is 0.240 e. The highest BCUT2D eigenvalue weighted by Crippen LogP contribution is 2.12. The molecule has 20 heavy (non-hydrogen) atoms. The molecule has 0 aliphatic carbocycles. The number of benzene rings is 1. The molecule has 1 N–H and O–H groups in total. The Kier molecular flexibility index (Phi) is 8.72. The lowest BCUT2D eigenvalue weighted by molar-refractivity contribution is -0.117. The van der Waals surface area contributed by atoms with Crippen molar-refractivity contribution in [2.24, 2.45) is 0 Å². The van der Waals surface area contributed by atoms with Gasteiger partial charge in [-0.25, -0.2) is 0 Å². The number of nitrogens with zero attached hydrogens (tertiary/aromatic N) is 1. The normalized spacial score (nSPS) is 10.5. The summed E-state index contributed by atoms with van der Waals surface area (Å²) in [5, 5.41) is 3.26. The van der Waals surface area contributed by atoms with E-state index in [4.69, 9.17) is 0 Å². The molecule has 3 nitrogen and oxygen atoms in total. The molecule has 1 aromatic carbocycles. The van der Waals surface area contributed by atoms with E-state index < -0.39 is 0 Å². The van der Waals surface area contributed by atoms with Gasteiger partial charge < -0.3 is 10.2 Å². The van der Waals surface area contributed by atoms with Gasteiger partial charge in [0.1, 0.15) is 0 Å². The van der Waals surface area contributed by atoms with E-state index in [1.165, 1.54) is 25.7 Å². The molecular weight excluding hydrogens is 248 g/mol. The van der Waals surface area contributed by atoms with E-state index in [0.29, 0.717) is 13.1 Å². The molecule has 0 saturated heterocycles. The number of anilines is 1. The van der Waals surface area contributed by atoms with Crippen LogP contribution in [0.15, 0.2) is 30.3 Å². The summed E-state index contributed by atoms with van der Waals surface area (Å²) in [6, 6.07) is 9.85. The van der Waals surface area contributed by atoms with Crippen LogP contribution < -0.4 is 10.2 Å². The number of carbonyl (C=O) groups excluding carboxylic acids is 1. The van der Waals surface area contributed by atoms with Crippen LogP contribution in [0, 0.1) is 0 Å². The first-order valence-corrected chi connectivity index (χ1v) is 7.85. The molecule has 0 heterocycles. The number of likely N-dealkylation sites (N-methyl/N-ethyl adjacent to an activating group) is 1. The van der Waals surface area contributed by atoms with Crippen molar-refractivity contribution >= 4 is 11.6 Å². The summed E-state index contributed by atoms with van der Waals surface area (Å²) >= 11 is 0. The summed E-state index contributed by atoms with van der Waals surface area (Å²) in [7, 11) is 0. The summed E-state index contributed by atoms with van der Waals surface area (Å²) in [4.78, 5) is 14.0. The first-order chi connectivity index (χ1) is 9.79. The van der Waals surface area contributed by atoms with Gasteiger partial charge in [-0.3, -0.25) is 4.79 Å². The third-order valence-electron chi connectivity index (χ3n) is 3.42. The zero-order chi connectivity index (χ0) is 14.6. The molecule has 0 bridgehead atoms. The van der Waals surface area contributed by atoms with Gasteiger partial charge in [0.2, 0.25) is 5.91 Å². The topological polar surface area (TPSA) is 32.3 Å². The molecule has 0 spiro atoms. The second-order valence-electron chi connectivity index (χ2n) is 5.06. The maximum absolute atomic E-state index is 12.2. The van der Waals surface area contributed by atoms with Crippen molar-refractivity contribution in [3.63, 3.8) is 0 Å². The van der Waals surface area contributed by atoms with E-state index in [-0.39, 0.29) is 5.91 Å². The molecule has 3 heteroatoms. The van der Waals surface area contributed by atoms with Crippen molar-refractivity contribution < 1.29 is 4.79 Å². The third kappa shape index (κ3) is 6.20. The number of hydrogen-bond acceptors (Lipinski definition) is 2. The Balaban J connectivity index is 2.24. The number of unbranched alkanes of at least 4 members (excludes halogenated alkanes) is 4. The molecule has 112 valence electrons. The van der Waals surface area contributed by atoms with Crippen molar-refractivity contribution in [1.82, 2.24) is 5.32 Å². The van der Waals surface area contributed by atoms with Crippen LogP contribution in [0.1, 0.15) is 46.0 Å². The molecule has 1 amide bonds. The lowest BCUT2D eigenvalue weighted by atomic mass is 10.1. The average molecular weight is 276 g/mol. The van der Waals surface area contributed by atoms with E-state index in [2.05, 4.69) is 12.2 Å². The zero-order valence-corrected chi connectivity index (χ0v) is 12.9. The monoisotopic (exact) mass is 276 g/mol. The molecule has 0 atom stereocenters. The van der Waals surface area contributed by atoms with E-state index >= 15 is 0 Å². The van der Waals surface area contributed by atoms with Crippen LogP contribution in [0.2, 0.25) is 0 Å². The lowest BCUT2D eigenvalue weighted by Gasteiger charge is -2.21. The van der Waals surface area contributed by atoms with Gasteiger partial charge in [-0.15, -0.1) is 0 Å². The fourth-order valence-corrected chi connectivity index (χ4v) is 2.26. The maximum Gasteiger partial charge on any atom is 0.240 e. The fourth-order valence-electron chi connectivity index (χ4n) is 2.26. The fraction of sp³-hybridized carbons (Fsp3) is 0.588. The van der Waals surface area contributed by atoms with Gasteiger partial charge in [-0.05, 0) is 32.0 Å². The molecule has 0 aliphatic heterocycles.